The van der Waals surface area contributed by atoms with Gasteiger partial charge in [0.1, 0.15) is 0 Å². The molecule has 0 saturated heterocycles. The zero-order valence-electron chi connectivity index (χ0n) is 16.7. The van der Waals surface area contributed by atoms with Crippen LogP contribution in [0.3, 0.4) is 0 Å². The van der Waals surface area contributed by atoms with Crippen LogP contribution >= 0.6 is 23.2 Å². The molecule has 0 N–H and O–H groups in total. The second-order valence-corrected chi connectivity index (χ2v) is 7.98. The van der Waals surface area contributed by atoms with E-state index in [1.54, 1.807) is 4.68 Å². The third-order valence-electron chi connectivity index (χ3n) is 5.11. The van der Waals surface area contributed by atoms with E-state index in [2.05, 4.69) is 32.6 Å². The van der Waals surface area contributed by atoms with Gasteiger partial charge in [0.15, 0.2) is 5.82 Å². The van der Waals surface area contributed by atoms with Gasteiger partial charge in [-0.25, -0.2) is 0 Å². The molecule has 0 spiro atoms. The zero-order valence-corrected chi connectivity index (χ0v) is 18.2. The van der Waals surface area contributed by atoms with Crippen molar-refractivity contribution in [1.29, 1.82) is 0 Å². The Kier molecular flexibility index (Phi) is 6.13. The highest BCUT2D eigenvalue weighted by atomic mass is 35.5. The second-order valence-electron chi connectivity index (χ2n) is 7.16. The lowest BCUT2D eigenvalue weighted by molar-refractivity contribution is 0.258. The van der Waals surface area contributed by atoms with E-state index in [1.807, 2.05) is 74.6 Å². The predicted octanol–water partition coefficient (Wildman–Crippen LogP) is 5.50. The molecule has 0 saturated carbocycles. The van der Waals surface area contributed by atoms with Crippen LogP contribution in [0.2, 0.25) is 10.0 Å². The first-order valence-corrected chi connectivity index (χ1v) is 10.3. The number of benzene rings is 3. The van der Waals surface area contributed by atoms with E-state index >= 15 is 0 Å². The number of nitrogens with zero attached hydrogens (tertiary/aromatic N) is 5. The maximum Gasteiger partial charge on any atom is 0.178 e. The van der Waals surface area contributed by atoms with Crippen molar-refractivity contribution in [3.8, 4) is 5.69 Å². The summed E-state index contributed by atoms with van der Waals surface area (Å²) in [6, 6.07) is 23.6. The summed E-state index contributed by atoms with van der Waals surface area (Å²) in [4.78, 5) is 2.16. The van der Waals surface area contributed by atoms with Crippen molar-refractivity contribution in [2.45, 2.75) is 19.5 Å². The maximum absolute atomic E-state index is 6.44. The molecular formula is C23H21Cl2N5. The average molecular weight is 438 g/mol. The van der Waals surface area contributed by atoms with E-state index in [0.717, 1.165) is 28.2 Å². The molecule has 0 aliphatic carbocycles. The Morgan fingerprint density at radius 1 is 0.900 bits per heavy atom. The Morgan fingerprint density at radius 3 is 2.27 bits per heavy atom. The third-order valence-corrected chi connectivity index (χ3v) is 5.82. The van der Waals surface area contributed by atoms with Crippen LogP contribution in [0.15, 0.2) is 72.8 Å². The summed E-state index contributed by atoms with van der Waals surface area (Å²) in [6.45, 7) is 2.59. The fraction of sp³-hybridized carbons (Fsp3) is 0.174. The highest BCUT2D eigenvalue weighted by Gasteiger charge is 2.27. The molecule has 152 valence electrons. The molecule has 0 aliphatic heterocycles. The first-order valence-electron chi connectivity index (χ1n) is 9.58. The minimum Gasteiger partial charge on any atom is -0.288 e. The summed E-state index contributed by atoms with van der Waals surface area (Å²) in [5.41, 5.74) is 3.99. The van der Waals surface area contributed by atoms with Crippen molar-refractivity contribution < 1.29 is 0 Å². The normalized spacial score (nSPS) is 12.3. The molecule has 0 amide bonds. The van der Waals surface area contributed by atoms with Crippen LogP contribution in [-0.4, -0.2) is 32.2 Å². The van der Waals surface area contributed by atoms with Gasteiger partial charge in [0, 0.05) is 22.2 Å². The molecule has 4 aromatic rings. The number of hydrogen-bond acceptors (Lipinski definition) is 4. The van der Waals surface area contributed by atoms with E-state index in [9.17, 15) is 0 Å². The fourth-order valence-corrected chi connectivity index (χ4v) is 4.11. The van der Waals surface area contributed by atoms with E-state index in [4.69, 9.17) is 23.2 Å². The molecule has 1 atom stereocenters. The summed E-state index contributed by atoms with van der Waals surface area (Å²) in [6.07, 6.45) is 0. The van der Waals surface area contributed by atoms with Gasteiger partial charge in [-0.3, -0.25) is 4.90 Å². The fourth-order valence-electron chi connectivity index (χ4n) is 3.60. The lowest BCUT2D eigenvalue weighted by Crippen LogP contribution is -2.28. The van der Waals surface area contributed by atoms with Crippen molar-refractivity contribution in [3.63, 3.8) is 0 Å². The summed E-state index contributed by atoms with van der Waals surface area (Å²) in [5.74, 6) is 0.723. The SMILES string of the molecule is Cc1ccccc1-n1nnnc1C(c1ccccc1)N(C)Cc1c(Cl)cccc1Cl. The van der Waals surface area contributed by atoms with Crippen molar-refractivity contribution >= 4 is 23.2 Å². The van der Waals surface area contributed by atoms with Crippen LogP contribution in [0.25, 0.3) is 5.69 Å². The van der Waals surface area contributed by atoms with Crippen molar-refractivity contribution in [2.24, 2.45) is 0 Å². The Labute approximate surface area is 185 Å². The van der Waals surface area contributed by atoms with Crippen LogP contribution in [0, 0.1) is 6.92 Å². The molecule has 0 radical (unpaired) electrons. The standard InChI is InChI=1S/C23H21Cl2N5/c1-16-9-6-7-14-21(16)30-23(26-27-28-30)22(17-10-4-3-5-11-17)29(2)15-18-19(24)12-8-13-20(18)25/h3-14,22H,15H2,1-2H3. The Morgan fingerprint density at radius 2 is 1.57 bits per heavy atom. The highest BCUT2D eigenvalue weighted by molar-refractivity contribution is 6.35. The number of aryl methyl sites for hydroxylation is 1. The molecule has 30 heavy (non-hydrogen) atoms. The first kappa shape index (κ1) is 20.5. The topological polar surface area (TPSA) is 46.8 Å². The van der Waals surface area contributed by atoms with Gasteiger partial charge in [0.05, 0.1) is 11.7 Å². The largest absolute Gasteiger partial charge is 0.288 e. The molecule has 1 unspecified atom stereocenters. The van der Waals surface area contributed by atoms with E-state index in [0.29, 0.717) is 16.6 Å². The van der Waals surface area contributed by atoms with E-state index in [1.165, 1.54) is 0 Å². The monoisotopic (exact) mass is 437 g/mol. The molecule has 5 nitrogen and oxygen atoms in total. The summed E-state index contributed by atoms with van der Waals surface area (Å²) in [5, 5.41) is 14.0. The molecule has 1 heterocycles. The number of para-hydroxylation sites is 1. The van der Waals surface area contributed by atoms with Gasteiger partial charge in [-0.15, -0.1) is 5.10 Å². The van der Waals surface area contributed by atoms with Gasteiger partial charge >= 0.3 is 0 Å². The number of rotatable bonds is 6. The lowest BCUT2D eigenvalue weighted by atomic mass is 10.0. The lowest BCUT2D eigenvalue weighted by Gasteiger charge is -2.28. The van der Waals surface area contributed by atoms with Gasteiger partial charge in [-0.05, 0) is 53.7 Å². The predicted molar refractivity (Wildman–Crippen MR) is 120 cm³/mol. The van der Waals surface area contributed by atoms with Crippen molar-refractivity contribution in [2.75, 3.05) is 7.05 Å². The Hall–Kier alpha value is -2.73. The summed E-state index contributed by atoms with van der Waals surface area (Å²) in [7, 11) is 2.02. The van der Waals surface area contributed by atoms with E-state index in [-0.39, 0.29) is 6.04 Å². The number of halogens is 2. The van der Waals surface area contributed by atoms with Crippen LogP contribution in [-0.2, 0) is 6.54 Å². The molecular weight excluding hydrogens is 417 g/mol. The van der Waals surface area contributed by atoms with Gasteiger partial charge in [0.25, 0.3) is 0 Å². The molecule has 0 bridgehead atoms. The van der Waals surface area contributed by atoms with Crippen LogP contribution in [0.5, 0.6) is 0 Å². The highest BCUT2D eigenvalue weighted by Crippen LogP contribution is 2.32. The van der Waals surface area contributed by atoms with Gasteiger partial charge in [-0.1, -0.05) is 77.8 Å². The van der Waals surface area contributed by atoms with Gasteiger partial charge in [-0.2, -0.15) is 4.68 Å². The number of tetrazole rings is 1. The van der Waals surface area contributed by atoms with Gasteiger partial charge < -0.3 is 0 Å². The Balaban J connectivity index is 1.80. The molecule has 7 heteroatoms. The second kappa shape index (κ2) is 8.96. The molecule has 1 aromatic heterocycles. The first-order chi connectivity index (χ1) is 14.6. The Bertz CT molecular complexity index is 1120. The molecule has 0 fully saturated rings. The minimum atomic E-state index is -0.201. The maximum atomic E-state index is 6.44. The van der Waals surface area contributed by atoms with Crippen LogP contribution in [0.4, 0.5) is 0 Å². The summed E-state index contributed by atoms with van der Waals surface area (Å²) < 4.78 is 1.80. The van der Waals surface area contributed by atoms with Crippen molar-refractivity contribution in [1.82, 2.24) is 25.1 Å². The summed E-state index contributed by atoms with van der Waals surface area (Å²) >= 11 is 12.9. The van der Waals surface area contributed by atoms with Crippen molar-refractivity contribution in [3.05, 3.63) is 105 Å². The third kappa shape index (κ3) is 4.10. The van der Waals surface area contributed by atoms with E-state index < -0.39 is 0 Å². The van der Waals surface area contributed by atoms with Crippen LogP contribution < -0.4 is 0 Å². The minimum absolute atomic E-state index is 0.201. The zero-order chi connectivity index (χ0) is 21.1. The molecule has 0 aliphatic rings. The number of hydrogen-bond donors (Lipinski definition) is 0. The van der Waals surface area contributed by atoms with Crippen LogP contribution in [0.1, 0.15) is 28.6 Å². The average Bonchev–Trinajstić information content (AvgIpc) is 3.21. The molecule has 3 aromatic carbocycles. The quantitative estimate of drug-likeness (QED) is 0.399. The van der Waals surface area contributed by atoms with Gasteiger partial charge in [0.2, 0.25) is 0 Å². The smallest absolute Gasteiger partial charge is 0.178 e. The molecule has 4 rings (SSSR count). The number of aromatic nitrogens is 4.